The summed E-state index contributed by atoms with van der Waals surface area (Å²) in [6.45, 7) is 8.02. The fraction of sp³-hybridized carbons (Fsp3) is 0.783. The summed E-state index contributed by atoms with van der Waals surface area (Å²) in [5, 5.41) is 3.62. The van der Waals surface area contributed by atoms with Crippen LogP contribution in [0.5, 0.6) is 0 Å². The van der Waals surface area contributed by atoms with Crippen molar-refractivity contribution in [2.24, 2.45) is 22.7 Å². The molecule has 0 spiro atoms. The first-order valence-electron chi connectivity index (χ1n) is 11.7. The summed E-state index contributed by atoms with van der Waals surface area (Å²) < 4.78 is 11.0. The van der Waals surface area contributed by atoms with Crippen LogP contribution in [-0.4, -0.2) is 74.3 Å². The second kappa shape index (κ2) is 10.7. The second-order valence-electron chi connectivity index (χ2n) is 9.42. The van der Waals surface area contributed by atoms with Gasteiger partial charge in [-0.1, -0.05) is 6.42 Å². The van der Waals surface area contributed by atoms with Gasteiger partial charge in [-0.3, -0.25) is 9.89 Å². The third-order valence-corrected chi connectivity index (χ3v) is 7.54. The number of rotatable bonds is 6. The standard InChI is InChI=1S/C23H36N4O2.HI/c1-2-21(29-12-1)5-7-24-23(25-16-19-6-13-28-17-19)27-10-8-26(9-11-27)22-15-18-3-4-20(22)14-18;/h1-2,12,18-20,22H,3-11,13-17H2,(H,24,25);1H. The zero-order chi connectivity index (χ0) is 19.5. The van der Waals surface area contributed by atoms with E-state index in [2.05, 4.69) is 15.1 Å². The van der Waals surface area contributed by atoms with Gasteiger partial charge in [-0.05, 0) is 49.7 Å². The van der Waals surface area contributed by atoms with Gasteiger partial charge in [0.25, 0.3) is 0 Å². The summed E-state index contributed by atoms with van der Waals surface area (Å²) in [5.41, 5.74) is 0. The molecule has 6 nitrogen and oxygen atoms in total. The third-order valence-electron chi connectivity index (χ3n) is 7.54. The van der Waals surface area contributed by atoms with Crippen LogP contribution in [0.4, 0.5) is 0 Å². The normalized spacial score (nSPS) is 31.9. The summed E-state index contributed by atoms with van der Waals surface area (Å²) in [5.74, 6) is 4.69. The fourth-order valence-corrected chi connectivity index (χ4v) is 5.89. The molecule has 2 saturated heterocycles. The number of guanidine groups is 1. The van der Waals surface area contributed by atoms with Gasteiger partial charge in [-0.2, -0.15) is 0 Å². The Morgan fingerprint density at radius 3 is 2.70 bits per heavy atom. The monoisotopic (exact) mass is 528 g/mol. The number of hydrogen-bond donors (Lipinski definition) is 1. The summed E-state index contributed by atoms with van der Waals surface area (Å²) in [6.07, 6.45) is 9.69. The largest absolute Gasteiger partial charge is 0.469 e. The van der Waals surface area contributed by atoms with Crippen LogP contribution >= 0.6 is 24.0 Å². The lowest BCUT2D eigenvalue weighted by molar-refractivity contribution is 0.0957. The number of ether oxygens (including phenoxy) is 1. The summed E-state index contributed by atoms with van der Waals surface area (Å²) >= 11 is 0. The van der Waals surface area contributed by atoms with E-state index in [1.54, 1.807) is 6.26 Å². The van der Waals surface area contributed by atoms with Crippen LogP contribution in [0.3, 0.4) is 0 Å². The van der Waals surface area contributed by atoms with Crippen LogP contribution in [-0.2, 0) is 11.2 Å². The molecule has 0 aromatic carbocycles. The molecule has 1 aromatic heterocycles. The zero-order valence-electron chi connectivity index (χ0n) is 18.0. The van der Waals surface area contributed by atoms with E-state index in [0.717, 1.165) is 81.8 Å². The molecule has 2 aliphatic carbocycles. The van der Waals surface area contributed by atoms with Crippen molar-refractivity contribution in [2.45, 2.75) is 44.6 Å². The van der Waals surface area contributed by atoms with Gasteiger partial charge < -0.3 is 19.4 Å². The SMILES string of the molecule is I.c1coc(CCNC(=NCC2CCOC2)N2CCN(C3CC4CCC3C4)CC2)c1. The van der Waals surface area contributed by atoms with Crippen LogP contribution < -0.4 is 5.32 Å². The molecule has 5 rings (SSSR count). The number of halogens is 1. The molecule has 2 bridgehead atoms. The van der Waals surface area contributed by atoms with Crippen LogP contribution in [0, 0.1) is 17.8 Å². The Hall–Kier alpha value is -0.800. The maximum Gasteiger partial charge on any atom is 0.194 e. The Morgan fingerprint density at radius 1 is 1.13 bits per heavy atom. The van der Waals surface area contributed by atoms with Crippen molar-refractivity contribution < 1.29 is 9.15 Å². The highest BCUT2D eigenvalue weighted by molar-refractivity contribution is 14.0. The number of nitrogens with one attached hydrogen (secondary N) is 1. The Kier molecular flexibility index (Phi) is 7.97. The molecular formula is C23H37IN4O2. The topological polar surface area (TPSA) is 53.2 Å². The molecule has 4 fully saturated rings. The Balaban J connectivity index is 0.00000218. The third kappa shape index (κ3) is 5.33. The van der Waals surface area contributed by atoms with Crippen molar-refractivity contribution >= 4 is 29.9 Å². The minimum absolute atomic E-state index is 0. The quantitative estimate of drug-likeness (QED) is 0.349. The number of nitrogens with zero attached hydrogens (tertiary/aromatic N) is 3. The molecule has 0 amide bonds. The Bertz CT molecular complexity index is 669. The maximum absolute atomic E-state index is 5.54. The molecule has 4 unspecified atom stereocenters. The smallest absolute Gasteiger partial charge is 0.194 e. The lowest BCUT2D eigenvalue weighted by atomic mass is 9.93. The van der Waals surface area contributed by atoms with Crippen molar-refractivity contribution in [3.8, 4) is 0 Å². The average Bonchev–Trinajstić information content (AvgIpc) is 3.56. The zero-order valence-corrected chi connectivity index (χ0v) is 20.3. The van der Waals surface area contributed by atoms with Crippen molar-refractivity contribution in [1.82, 2.24) is 15.1 Å². The number of hydrogen-bond acceptors (Lipinski definition) is 4. The number of piperazine rings is 1. The number of fused-ring (bicyclic) bond motifs is 2. The molecular weight excluding hydrogens is 491 g/mol. The van der Waals surface area contributed by atoms with E-state index in [0.29, 0.717) is 5.92 Å². The predicted octanol–water partition coefficient (Wildman–Crippen LogP) is 3.23. The van der Waals surface area contributed by atoms with Crippen molar-refractivity contribution in [2.75, 3.05) is 52.5 Å². The first-order chi connectivity index (χ1) is 14.3. The van der Waals surface area contributed by atoms with E-state index in [-0.39, 0.29) is 24.0 Å². The lowest BCUT2D eigenvalue weighted by Gasteiger charge is -2.42. The van der Waals surface area contributed by atoms with Crippen LogP contribution in [0.15, 0.2) is 27.8 Å². The van der Waals surface area contributed by atoms with Gasteiger partial charge in [-0.25, -0.2) is 0 Å². The minimum Gasteiger partial charge on any atom is -0.469 e. The molecule has 30 heavy (non-hydrogen) atoms. The van der Waals surface area contributed by atoms with Crippen molar-refractivity contribution in [3.05, 3.63) is 24.2 Å². The van der Waals surface area contributed by atoms with Crippen molar-refractivity contribution in [3.63, 3.8) is 0 Å². The second-order valence-corrected chi connectivity index (χ2v) is 9.42. The van der Waals surface area contributed by atoms with E-state index < -0.39 is 0 Å². The van der Waals surface area contributed by atoms with Gasteiger partial charge >= 0.3 is 0 Å². The molecule has 1 aromatic rings. The first-order valence-corrected chi connectivity index (χ1v) is 11.7. The Labute approximate surface area is 197 Å². The number of furan rings is 1. The molecule has 2 aliphatic heterocycles. The predicted molar refractivity (Wildman–Crippen MR) is 129 cm³/mol. The fourth-order valence-electron chi connectivity index (χ4n) is 5.89. The van der Waals surface area contributed by atoms with E-state index in [9.17, 15) is 0 Å². The highest BCUT2D eigenvalue weighted by Gasteiger charge is 2.42. The van der Waals surface area contributed by atoms with Crippen LogP contribution in [0.25, 0.3) is 0 Å². The molecule has 168 valence electrons. The minimum atomic E-state index is 0. The van der Waals surface area contributed by atoms with Gasteiger partial charge in [0.2, 0.25) is 0 Å². The molecule has 1 N–H and O–H groups in total. The molecule has 0 radical (unpaired) electrons. The van der Waals surface area contributed by atoms with Gasteiger partial charge in [0.05, 0.1) is 12.9 Å². The molecule has 4 aliphatic rings. The highest BCUT2D eigenvalue weighted by atomic mass is 127. The van der Waals surface area contributed by atoms with E-state index in [4.69, 9.17) is 14.1 Å². The Morgan fingerprint density at radius 2 is 2.03 bits per heavy atom. The van der Waals surface area contributed by atoms with E-state index >= 15 is 0 Å². The lowest BCUT2D eigenvalue weighted by Crippen LogP contribution is -2.55. The summed E-state index contributed by atoms with van der Waals surface area (Å²) in [7, 11) is 0. The first kappa shape index (κ1) is 22.4. The summed E-state index contributed by atoms with van der Waals surface area (Å²) in [4.78, 5) is 10.3. The van der Waals surface area contributed by atoms with E-state index in [1.165, 1.54) is 38.8 Å². The molecule has 2 saturated carbocycles. The van der Waals surface area contributed by atoms with Gasteiger partial charge in [-0.15, -0.1) is 24.0 Å². The summed E-state index contributed by atoms with van der Waals surface area (Å²) in [6, 6.07) is 4.86. The van der Waals surface area contributed by atoms with Gasteiger partial charge in [0.15, 0.2) is 5.96 Å². The van der Waals surface area contributed by atoms with E-state index in [1.807, 2.05) is 12.1 Å². The van der Waals surface area contributed by atoms with Crippen LogP contribution in [0.1, 0.15) is 37.9 Å². The van der Waals surface area contributed by atoms with Crippen molar-refractivity contribution in [1.29, 1.82) is 0 Å². The molecule has 4 atom stereocenters. The van der Waals surface area contributed by atoms with Gasteiger partial charge in [0.1, 0.15) is 5.76 Å². The maximum atomic E-state index is 5.54. The highest BCUT2D eigenvalue weighted by Crippen LogP contribution is 2.46. The number of aliphatic imine (C=N–C) groups is 1. The average molecular weight is 528 g/mol. The van der Waals surface area contributed by atoms with Crippen LogP contribution in [0.2, 0.25) is 0 Å². The molecule has 3 heterocycles. The molecule has 7 heteroatoms. The van der Waals surface area contributed by atoms with Gasteiger partial charge in [0, 0.05) is 64.3 Å².